The van der Waals surface area contributed by atoms with Crippen molar-refractivity contribution in [3.8, 4) is 11.5 Å². The fraction of sp³-hybridized carbons (Fsp3) is 0.143. The zero-order valence-corrected chi connectivity index (χ0v) is 11.4. The number of aryl methyl sites for hydroxylation is 1. The van der Waals surface area contributed by atoms with Crippen LogP contribution in [-0.4, -0.2) is 0 Å². The number of benzene rings is 2. The van der Waals surface area contributed by atoms with Crippen LogP contribution in [0.25, 0.3) is 0 Å². The third kappa shape index (κ3) is 3.16. The summed E-state index contributed by atoms with van der Waals surface area (Å²) in [7, 11) is 0. The molecule has 0 aliphatic carbocycles. The minimum Gasteiger partial charge on any atom is -0.457 e. The zero-order chi connectivity index (χ0) is 13.1. The van der Waals surface area contributed by atoms with Crippen LogP contribution in [0.3, 0.4) is 0 Å². The predicted molar refractivity (Wildman–Crippen MR) is 75.6 cm³/mol. The Morgan fingerprint density at radius 3 is 2.33 bits per heavy atom. The molecular weight excluding hydrogens is 269 g/mol. The highest BCUT2D eigenvalue weighted by Gasteiger charge is 2.05. The number of halogens is 2. The second kappa shape index (κ2) is 5.61. The number of nitrogens with two attached hydrogens (primary N) is 1. The van der Waals surface area contributed by atoms with Gasteiger partial charge in [0.1, 0.15) is 11.5 Å². The molecular formula is C14H13Cl2NO. The highest BCUT2D eigenvalue weighted by atomic mass is 35.5. The highest BCUT2D eigenvalue weighted by Crippen LogP contribution is 2.30. The van der Waals surface area contributed by atoms with E-state index in [9.17, 15) is 0 Å². The average Bonchev–Trinajstić information content (AvgIpc) is 2.30. The number of rotatable bonds is 3. The summed E-state index contributed by atoms with van der Waals surface area (Å²) in [4.78, 5) is 0. The molecule has 0 aliphatic rings. The maximum Gasteiger partial charge on any atom is 0.130 e. The van der Waals surface area contributed by atoms with Gasteiger partial charge in [-0.3, -0.25) is 0 Å². The normalized spacial score (nSPS) is 10.4. The van der Waals surface area contributed by atoms with Crippen molar-refractivity contribution >= 4 is 23.2 Å². The zero-order valence-electron chi connectivity index (χ0n) is 9.91. The van der Waals surface area contributed by atoms with Crippen molar-refractivity contribution in [2.24, 2.45) is 5.73 Å². The Hall–Kier alpha value is -1.22. The quantitative estimate of drug-likeness (QED) is 0.896. The van der Waals surface area contributed by atoms with E-state index < -0.39 is 0 Å². The van der Waals surface area contributed by atoms with Crippen LogP contribution in [-0.2, 0) is 6.54 Å². The summed E-state index contributed by atoms with van der Waals surface area (Å²) in [5.74, 6) is 1.38. The largest absolute Gasteiger partial charge is 0.457 e. The standard InChI is InChI=1S/C14H13Cl2NO/c1-9-2-3-10(8-17)4-14(9)18-13-6-11(15)5-12(16)7-13/h2-7H,8,17H2,1H3. The first-order valence-electron chi connectivity index (χ1n) is 5.52. The summed E-state index contributed by atoms with van der Waals surface area (Å²) in [6.07, 6.45) is 0. The van der Waals surface area contributed by atoms with Gasteiger partial charge < -0.3 is 10.5 Å². The van der Waals surface area contributed by atoms with E-state index in [4.69, 9.17) is 33.7 Å². The molecule has 2 aromatic carbocycles. The first-order chi connectivity index (χ1) is 8.58. The van der Waals surface area contributed by atoms with Crippen LogP contribution in [0.2, 0.25) is 10.0 Å². The van der Waals surface area contributed by atoms with Gasteiger partial charge in [-0.05, 0) is 42.3 Å². The van der Waals surface area contributed by atoms with Crippen molar-refractivity contribution in [2.45, 2.75) is 13.5 Å². The molecule has 0 aromatic heterocycles. The average molecular weight is 282 g/mol. The van der Waals surface area contributed by atoms with Crippen molar-refractivity contribution < 1.29 is 4.74 Å². The molecule has 0 atom stereocenters. The van der Waals surface area contributed by atoms with Crippen LogP contribution in [0.1, 0.15) is 11.1 Å². The molecule has 2 N–H and O–H groups in total. The van der Waals surface area contributed by atoms with Gasteiger partial charge >= 0.3 is 0 Å². The van der Waals surface area contributed by atoms with Crippen LogP contribution in [0.5, 0.6) is 11.5 Å². The molecule has 94 valence electrons. The summed E-state index contributed by atoms with van der Waals surface area (Å²) in [6, 6.07) is 11.0. The monoisotopic (exact) mass is 281 g/mol. The van der Waals surface area contributed by atoms with E-state index >= 15 is 0 Å². The van der Waals surface area contributed by atoms with Crippen molar-refractivity contribution in [1.29, 1.82) is 0 Å². The van der Waals surface area contributed by atoms with Crippen LogP contribution in [0.15, 0.2) is 36.4 Å². The Bertz CT molecular complexity index is 549. The fourth-order valence-corrected chi connectivity index (χ4v) is 2.10. The van der Waals surface area contributed by atoms with Gasteiger partial charge in [-0.15, -0.1) is 0 Å². The Morgan fingerprint density at radius 2 is 1.72 bits per heavy atom. The van der Waals surface area contributed by atoms with E-state index in [-0.39, 0.29) is 0 Å². The van der Waals surface area contributed by atoms with Gasteiger partial charge in [-0.2, -0.15) is 0 Å². The van der Waals surface area contributed by atoms with E-state index in [0.717, 1.165) is 16.9 Å². The van der Waals surface area contributed by atoms with Crippen LogP contribution >= 0.6 is 23.2 Å². The van der Waals surface area contributed by atoms with E-state index in [2.05, 4.69) is 0 Å². The van der Waals surface area contributed by atoms with Gasteiger partial charge in [0.05, 0.1) is 0 Å². The van der Waals surface area contributed by atoms with Crippen molar-refractivity contribution in [3.05, 3.63) is 57.6 Å². The van der Waals surface area contributed by atoms with E-state index in [0.29, 0.717) is 22.3 Å². The van der Waals surface area contributed by atoms with Gasteiger partial charge in [0.25, 0.3) is 0 Å². The lowest BCUT2D eigenvalue weighted by molar-refractivity contribution is 0.478. The molecule has 0 amide bonds. The Labute approximate surface area is 116 Å². The van der Waals surface area contributed by atoms with Crippen LogP contribution in [0, 0.1) is 6.92 Å². The molecule has 0 saturated carbocycles. The maximum atomic E-state index is 5.93. The van der Waals surface area contributed by atoms with Gasteiger partial charge in [0.2, 0.25) is 0 Å². The van der Waals surface area contributed by atoms with Crippen molar-refractivity contribution in [2.75, 3.05) is 0 Å². The summed E-state index contributed by atoms with van der Waals surface area (Å²) in [5.41, 5.74) is 7.66. The smallest absolute Gasteiger partial charge is 0.130 e. The van der Waals surface area contributed by atoms with Gasteiger partial charge in [0.15, 0.2) is 0 Å². The van der Waals surface area contributed by atoms with Gasteiger partial charge in [0, 0.05) is 16.6 Å². The predicted octanol–water partition coefficient (Wildman–Crippen LogP) is 4.55. The summed E-state index contributed by atoms with van der Waals surface area (Å²) < 4.78 is 5.79. The lowest BCUT2D eigenvalue weighted by Gasteiger charge is -2.10. The molecule has 18 heavy (non-hydrogen) atoms. The third-order valence-corrected chi connectivity index (χ3v) is 2.99. The second-order valence-electron chi connectivity index (χ2n) is 4.01. The molecule has 2 aromatic rings. The van der Waals surface area contributed by atoms with E-state index in [1.54, 1.807) is 18.2 Å². The molecule has 0 radical (unpaired) electrons. The highest BCUT2D eigenvalue weighted by molar-refractivity contribution is 6.34. The second-order valence-corrected chi connectivity index (χ2v) is 4.88. The lowest BCUT2D eigenvalue weighted by Crippen LogP contribution is -1.97. The molecule has 0 saturated heterocycles. The molecule has 0 heterocycles. The summed E-state index contributed by atoms with van der Waals surface area (Å²) in [6.45, 7) is 2.45. The summed E-state index contributed by atoms with van der Waals surface area (Å²) in [5, 5.41) is 1.09. The molecule has 0 spiro atoms. The molecule has 2 nitrogen and oxygen atoms in total. The van der Waals surface area contributed by atoms with Gasteiger partial charge in [-0.25, -0.2) is 0 Å². The molecule has 0 unspecified atom stereocenters. The van der Waals surface area contributed by atoms with Crippen molar-refractivity contribution in [3.63, 3.8) is 0 Å². The molecule has 2 rings (SSSR count). The fourth-order valence-electron chi connectivity index (χ4n) is 1.60. The maximum absolute atomic E-state index is 5.93. The molecule has 0 aliphatic heterocycles. The summed E-state index contributed by atoms with van der Waals surface area (Å²) >= 11 is 11.9. The molecule has 4 heteroatoms. The number of hydrogen-bond acceptors (Lipinski definition) is 2. The molecule has 0 fully saturated rings. The first kappa shape index (κ1) is 13.2. The van der Waals surface area contributed by atoms with E-state index in [1.165, 1.54) is 0 Å². The Kier molecular flexibility index (Phi) is 4.12. The van der Waals surface area contributed by atoms with Crippen molar-refractivity contribution in [1.82, 2.24) is 0 Å². The lowest BCUT2D eigenvalue weighted by atomic mass is 10.1. The molecule has 0 bridgehead atoms. The Balaban J connectivity index is 2.33. The third-order valence-electron chi connectivity index (χ3n) is 2.55. The first-order valence-corrected chi connectivity index (χ1v) is 6.27. The number of hydrogen-bond donors (Lipinski definition) is 1. The minimum absolute atomic E-state index is 0.479. The van der Waals surface area contributed by atoms with Gasteiger partial charge in [-0.1, -0.05) is 35.3 Å². The van der Waals surface area contributed by atoms with Crippen LogP contribution in [0.4, 0.5) is 0 Å². The van der Waals surface area contributed by atoms with E-state index in [1.807, 2.05) is 25.1 Å². The topological polar surface area (TPSA) is 35.2 Å². The number of ether oxygens (including phenoxy) is 1. The Morgan fingerprint density at radius 1 is 1.06 bits per heavy atom. The minimum atomic E-state index is 0.479. The van der Waals surface area contributed by atoms with Crippen LogP contribution < -0.4 is 10.5 Å². The SMILES string of the molecule is Cc1ccc(CN)cc1Oc1cc(Cl)cc(Cl)c1.